The van der Waals surface area contributed by atoms with Gasteiger partial charge < -0.3 is 4.74 Å². The van der Waals surface area contributed by atoms with Crippen molar-refractivity contribution in [3.05, 3.63) is 12.2 Å². The van der Waals surface area contributed by atoms with E-state index in [4.69, 9.17) is 4.74 Å². The molecular formula is C8H12O2. The number of carbonyl (C=O) groups excluding carboxylic acids is 1. The van der Waals surface area contributed by atoms with Crippen LogP contribution >= 0.6 is 0 Å². The molecule has 0 spiro atoms. The lowest BCUT2D eigenvalue weighted by atomic mass is 9.92. The lowest BCUT2D eigenvalue weighted by molar-refractivity contribution is -0.140. The molecule has 0 saturated carbocycles. The first-order chi connectivity index (χ1) is 4.63. The van der Waals surface area contributed by atoms with Crippen LogP contribution in [0.25, 0.3) is 0 Å². The van der Waals surface area contributed by atoms with Crippen LogP contribution in [0.3, 0.4) is 0 Å². The van der Waals surface area contributed by atoms with E-state index in [2.05, 4.69) is 6.58 Å². The van der Waals surface area contributed by atoms with Crippen LogP contribution in [0.5, 0.6) is 0 Å². The zero-order chi connectivity index (χ0) is 7.72. The molecule has 1 fully saturated rings. The van der Waals surface area contributed by atoms with E-state index in [0.29, 0.717) is 6.61 Å². The van der Waals surface area contributed by atoms with Crippen molar-refractivity contribution in [3.63, 3.8) is 0 Å². The van der Waals surface area contributed by atoms with Crippen LogP contribution in [0.15, 0.2) is 12.2 Å². The standard InChI is InChI=1S/C8H12O2/c1-5(2)7-4-10-8(9)6(7)3/h6-7H,1,4H2,2-3H3/t6-,7-/m1/s1. The minimum atomic E-state index is -0.0898. The fourth-order valence-electron chi connectivity index (χ4n) is 1.18. The van der Waals surface area contributed by atoms with E-state index < -0.39 is 0 Å². The molecule has 56 valence electrons. The summed E-state index contributed by atoms with van der Waals surface area (Å²) < 4.78 is 4.84. The molecule has 2 atom stereocenters. The zero-order valence-electron chi connectivity index (χ0n) is 6.39. The van der Waals surface area contributed by atoms with Crippen molar-refractivity contribution < 1.29 is 9.53 Å². The van der Waals surface area contributed by atoms with Gasteiger partial charge in [0.15, 0.2) is 0 Å². The number of hydrogen-bond acceptors (Lipinski definition) is 2. The van der Waals surface area contributed by atoms with Crippen LogP contribution in [0, 0.1) is 11.8 Å². The summed E-state index contributed by atoms with van der Waals surface area (Å²) in [6.07, 6.45) is 0. The normalized spacial score (nSPS) is 32.0. The number of hydrogen-bond donors (Lipinski definition) is 0. The molecule has 0 amide bonds. The molecule has 0 aromatic rings. The maximum atomic E-state index is 10.8. The van der Waals surface area contributed by atoms with Gasteiger partial charge in [-0.15, -0.1) is 0 Å². The van der Waals surface area contributed by atoms with Crippen LogP contribution in [0.2, 0.25) is 0 Å². The molecule has 1 saturated heterocycles. The third kappa shape index (κ3) is 1.06. The van der Waals surface area contributed by atoms with Crippen LogP contribution in [-0.2, 0) is 9.53 Å². The third-order valence-electron chi connectivity index (χ3n) is 2.01. The second-order valence-electron chi connectivity index (χ2n) is 2.87. The Kier molecular flexibility index (Phi) is 1.79. The van der Waals surface area contributed by atoms with Crippen LogP contribution in [0.1, 0.15) is 13.8 Å². The highest BCUT2D eigenvalue weighted by Gasteiger charge is 2.32. The van der Waals surface area contributed by atoms with E-state index in [1.165, 1.54) is 0 Å². The summed E-state index contributed by atoms with van der Waals surface area (Å²) in [4.78, 5) is 10.8. The average molecular weight is 140 g/mol. The third-order valence-corrected chi connectivity index (χ3v) is 2.01. The second kappa shape index (κ2) is 2.45. The van der Waals surface area contributed by atoms with Crippen LogP contribution in [0.4, 0.5) is 0 Å². The summed E-state index contributed by atoms with van der Waals surface area (Å²) in [5.74, 6) is 0.165. The van der Waals surface area contributed by atoms with Crippen molar-refractivity contribution in [1.82, 2.24) is 0 Å². The van der Waals surface area contributed by atoms with Crippen LogP contribution in [-0.4, -0.2) is 12.6 Å². The van der Waals surface area contributed by atoms with E-state index in [-0.39, 0.29) is 17.8 Å². The molecule has 1 heterocycles. The Morgan fingerprint density at radius 2 is 2.40 bits per heavy atom. The summed E-state index contributed by atoms with van der Waals surface area (Å²) in [7, 11) is 0. The number of rotatable bonds is 1. The van der Waals surface area contributed by atoms with E-state index in [9.17, 15) is 4.79 Å². The highest BCUT2D eigenvalue weighted by Crippen LogP contribution is 2.26. The summed E-state index contributed by atoms with van der Waals surface area (Å²) in [5, 5.41) is 0. The van der Waals surface area contributed by atoms with Crippen molar-refractivity contribution in [3.8, 4) is 0 Å². The van der Waals surface area contributed by atoms with Gasteiger partial charge in [0.2, 0.25) is 0 Å². The first-order valence-electron chi connectivity index (χ1n) is 3.45. The van der Waals surface area contributed by atoms with E-state index in [1.807, 2.05) is 13.8 Å². The molecule has 2 heteroatoms. The van der Waals surface area contributed by atoms with Gasteiger partial charge in [-0.3, -0.25) is 4.79 Å². The van der Waals surface area contributed by atoms with Crippen molar-refractivity contribution in [2.24, 2.45) is 11.8 Å². The lowest BCUT2D eigenvalue weighted by Crippen LogP contribution is -2.12. The maximum Gasteiger partial charge on any atom is 0.309 e. The van der Waals surface area contributed by atoms with Gasteiger partial charge in [-0.1, -0.05) is 19.1 Å². The number of ether oxygens (including phenoxy) is 1. The monoisotopic (exact) mass is 140 g/mol. The van der Waals surface area contributed by atoms with Gasteiger partial charge in [-0.25, -0.2) is 0 Å². The van der Waals surface area contributed by atoms with E-state index in [1.54, 1.807) is 0 Å². The topological polar surface area (TPSA) is 26.3 Å². The SMILES string of the molecule is C=C(C)[C@H]1COC(=O)[C@@H]1C. The smallest absolute Gasteiger partial charge is 0.309 e. The van der Waals surface area contributed by atoms with Gasteiger partial charge in [-0.2, -0.15) is 0 Å². The minimum Gasteiger partial charge on any atom is -0.465 e. The fraction of sp³-hybridized carbons (Fsp3) is 0.625. The number of esters is 1. The van der Waals surface area contributed by atoms with E-state index >= 15 is 0 Å². The Bertz CT molecular complexity index is 172. The maximum absolute atomic E-state index is 10.8. The molecule has 0 aromatic heterocycles. The highest BCUT2D eigenvalue weighted by molar-refractivity contribution is 5.74. The summed E-state index contributed by atoms with van der Waals surface area (Å²) in [6.45, 7) is 8.13. The Morgan fingerprint density at radius 3 is 2.60 bits per heavy atom. The molecule has 0 radical (unpaired) electrons. The summed E-state index contributed by atoms with van der Waals surface area (Å²) in [6, 6.07) is 0. The Balaban J connectivity index is 2.66. The first kappa shape index (κ1) is 7.32. The van der Waals surface area contributed by atoms with Crippen molar-refractivity contribution in [2.45, 2.75) is 13.8 Å². The fourth-order valence-corrected chi connectivity index (χ4v) is 1.18. The van der Waals surface area contributed by atoms with Gasteiger partial charge in [-0.05, 0) is 6.92 Å². The quantitative estimate of drug-likeness (QED) is 0.406. The molecule has 0 unspecified atom stereocenters. The van der Waals surface area contributed by atoms with Crippen molar-refractivity contribution >= 4 is 5.97 Å². The highest BCUT2D eigenvalue weighted by atomic mass is 16.5. The molecule has 0 aliphatic carbocycles. The number of cyclic esters (lactones) is 1. The van der Waals surface area contributed by atoms with E-state index in [0.717, 1.165) is 5.57 Å². The number of carbonyl (C=O) groups is 1. The molecule has 1 rings (SSSR count). The van der Waals surface area contributed by atoms with Gasteiger partial charge >= 0.3 is 5.97 Å². The van der Waals surface area contributed by atoms with Gasteiger partial charge in [0, 0.05) is 5.92 Å². The van der Waals surface area contributed by atoms with Gasteiger partial charge in [0.1, 0.15) is 0 Å². The lowest BCUT2D eigenvalue weighted by Gasteiger charge is -2.08. The average Bonchev–Trinajstić information content (AvgIpc) is 2.14. The predicted molar refractivity (Wildman–Crippen MR) is 38.4 cm³/mol. The Morgan fingerprint density at radius 1 is 1.80 bits per heavy atom. The molecule has 1 aliphatic heterocycles. The molecule has 10 heavy (non-hydrogen) atoms. The van der Waals surface area contributed by atoms with Crippen LogP contribution < -0.4 is 0 Å². The molecule has 0 bridgehead atoms. The first-order valence-corrected chi connectivity index (χ1v) is 3.45. The van der Waals surface area contributed by atoms with Crippen molar-refractivity contribution in [2.75, 3.05) is 6.61 Å². The van der Waals surface area contributed by atoms with Crippen molar-refractivity contribution in [1.29, 1.82) is 0 Å². The van der Waals surface area contributed by atoms with Gasteiger partial charge in [0.25, 0.3) is 0 Å². The Labute approximate surface area is 60.9 Å². The molecule has 2 nitrogen and oxygen atoms in total. The molecule has 1 aliphatic rings. The molecular weight excluding hydrogens is 128 g/mol. The summed E-state index contributed by atoms with van der Waals surface area (Å²) >= 11 is 0. The molecule has 0 aromatic carbocycles. The van der Waals surface area contributed by atoms with Gasteiger partial charge in [0.05, 0.1) is 12.5 Å². The predicted octanol–water partition coefficient (Wildman–Crippen LogP) is 1.37. The molecule has 0 N–H and O–H groups in total. The minimum absolute atomic E-state index is 0.0116. The summed E-state index contributed by atoms with van der Waals surface area (Å²) in [5.41, 5.74) is 1.04. The zero-order valence-corrected chi connectivity index (χ0v) is 6.39. The Hall–Kier alpha value is -0.790. The largest absolute Gasteiger partial charge is 0.465 e. The second-order valence-corrected chi connectivity index (χ2v) is 2.87.